The van der Waals surface area contributed by atoms with Crippen molar-refractivity contribution in [3.8, 4) is 0 Å². The Labute approximate surface area is 169 Å². The average molecular weight is 424 g/mol. The molecule has 2 aliphatic heterocycles. The van der Waals surface area contributed by atoms with Gasteiger partial charge < -0.3 is 10.3 Å². The Morgan fingerprint density at radius 2 is 2.03 bits per heavy atom. The molecule has 0 bridgehead atoms. The number of hydrogen-bond acceptors (Lipinski definition) is 5. The summed E-state index contributed by atoms with van der Waals surface area (Å²) in [5.74, 6) is 0.149. The molecule has 4 rings (SSSR count). The van der Waals surface area contributed by atoms with E-state index in [2.05, 4.69) is 15.9 Å². The van der Waals surface area contributed by atoms with Gasteiger partial charge in [0.05, 0.1) is 34.1 Å². The molecule has 3 heterocycles. The maximum Gasteiger partial charge on any atom is 0.417 e. The fourth-order valence-corrected chi connectivity index (χ4v) is 3.80. The van der Waals surface area contributed by atoms with E-state index < -0.39 is 22.7 Å². The molecule has 0 spiro atoms. The van der Waals surface area contributed by atoms with Crippen LogP contribution in [0.25, 0.3) is 0 Å². The van der Waals surface area contributed by atoms with Gasteiger partial charge in [0, 0.05) is 18.7 Å². The van der Waals surface area contributed by atoms with Crippen LogP contribution >= 0.6 is 11.6 Å². The van der Waals surface area contributed by atoms with Crippen molar-refractivity contribution in [2.24, 2.45) is 0 Å². The maximum atomic E-state index is 13.1. The van der Waals surface area contributed by atoms with E-state index in [9.17, 15) is 18.0 Å². The van der Waals surface area contributed by atoms with Crippen molar-refractivity contribution in [3.05, 3.63) is 70.1 Å². The summed E-state index contributed by atoms with van der Waals surface area (Å²) in [6, 6.07) is 8.64. The number of alkyl halides is 3. The van der Waals surface area contributed by atoms with Crippen LogP contribution in [-0.2, 0) is 6.18 Å². The first kappa shape index (κ1) is 19.5. The molecule has 152 valence electrons. The zero-order chi connectivity index (χ0) is 20.8. The van der Waals surface area contributed by atoms with Gasteiger partial charge in [-0.05, 0) is 31.2 Å². The van der Waals surface area contributed by atoms with Crippen molar-refractivity contribution < 1.29 is 18.0 Å². The highest BCUT2D eigenvalue weighted by molar-refractivity contribution is 6.34. The predicted molar refractivity (Wildman–Crippen MR) is 102 cm³/mol. The lowest BCUT2D eigenvalue weighted by atomic mass is 10.0. The Hall–Kier alpha value is -2.78. The molecule has 0 radical (unpaired) electrons. The second-order valence-corrected chi connectivity index (χ2v) is 7.21. The second-order valence-electron chi connectivity index (χ2n) is 6.84. The third-order valence-electron chi connectivity index (χ3n) is 4.96. The van der Waals surface area contributed by atoms with E-state index in [1.807, 2.05) is 25.1 Å². The summed E-state index contributed by atoms with van der Waals surface area (Å²) < 4.78 is 39.4. The molecule has 0 saturated heterocycles. The van der Waals surface area contributed by atoms with Crippen LogP contribution in [0.4, 0.5) is 19.0 Å². The molecule has 1 aromatic heterocycles. The monoisotopic (exact) mass is 423 g/mol. The largest absolute Gasteiger partial charge is 0.417 e. The molecule has 0 aliphatic carbocycles. The lowest BCUT2D eigenvalue weighted by Crippen LogP contribution is -2.44. The van der Waals surface area contributed by atoms with Gasteiger partial charge in [-0.3, -0.25) is 4.79 Å². The standard InChI is InChI=1S/C19H17ClF3N5O/c1-11-9-15-14(25-26-28(15)16-7-2-3-8-24-16)10-27(11)18(29)12-5-4-6-13(17(12)20)19(21,22)23/h2-8,11,25-26H,9-10H2,1H3/t11-/m1/s1. The van der Waals surface area contributed by atoms with Crippen molar-refractivity contribution in [2.75, 3.05) is 11.6 Å². The van der Waals surface area contributed by atoms with Crippen LogP contribution in [0.1, 0.15) is 29.3 Å². The average Bonchev–Trinajstić information content (AvgIpc) is 3.09. The van der Waals surface area contributed by atoms with Crippen LogP contribution in [-0.4, -0.2) is 28.4 Å². The summed E-state index contributed by atoms with van der Waals surface area (Å²) in [5.41, 5.74) is 6.53. The minimum atomic E-state index is -4.63. The van der Waals surface area contributed by atoms with Crippen LogP contribution in [0.2, 0.25) is 5.02 Å². The number of carbonyl (C=O) groups excluding carboxylic acids is 1. The molecule has 1 amide bonds. The minimum Gasteiger partial charge on any atom is -0.330 e. The number of anilines is 1. The number of amides is 1. The van der Waals surface area contributed by atoms with Gasteiger partial charge in [-0.15, -0.1) is 5.53 Å². The van der Waals surface area contributed by atoms with E-state index in [1.54, 1.807) is 11.2 Å². The van der Waals surface area contributed by atoms with E-state index >= 15 is 0 Å². The summed E-state index contributed by atoms with van der Waals surface area (Å²) in [7, 11) is 0. The maximum absolute atomic E-state index is 13.1. The number of hydrogen-bond donors (Lipinski definition) is 2. The third-order valence-corrected chi connectivity index (χ3v) is 5.37. The topological polar surface area (TPSA) is 60.5 Å². The van der Waals surface area contributed by atoms with Crippen molar-refractivity contribution in [3.63, 3.8) is 0 Å². The molecule has 1 aromatic carbocycles. The quantitative estimate of drug-likeness (QED) is 0.770. The van der Waals surface area contributed by atoms with Gasteiger partial charge in [0.2, 0.25) is 0 Å². The van der Waals surface area contributed by atoms with Crippen LogP contribution in [0.3, 0.4) is 0 Å². The number of pyridine rings is 1. The molecular weight excluding hydrogens is 407 g/mol. The van der Waals surface area contributed by atoms with E-state index in [-0.39, 0.29) is 18.2 Å². The van der Waals surface area contributed by atoms with Crippen molar-refractivity contribution in [2.45, 2.75) is 25.6 Å². The highest BCUT2D eigenvalue weighted by Gasteiger charge is 2.38. The Kier molecular flexibility index (Phi) is 4.87. The molecular formula is C19H17ClF3N5O. The van der Waals surface area contributed by atoms with Gasteiger partial charge in [0.15, 0.2) is 0 Å². The van der Waals surface area contributed by atoms with Gasteiger partial charge in [0.25, 0.3) is 5.91 Å². The highest BCUT2D eigenvalue weighted by Crippen LogP contribution is 2.37. The lowest BCUT2D eigenvalue weighted by molar-refractivity contribution is -0.137. The summed E-state index contributed by atoms with van der Waals surface area (Å²) in [6.45, 7) is 2.05. The molecule has 10 heteroatoms. The first-order chi connectivity index (χ1) is 13.8. The lowest BCUT2D eigenvalue weighted by Gasteiger charge is -2.35. The predicted octanol–water partition coefficient (Wildman–Crippen LogP) is 3.73. The number of nitrogens with one attached hydrogen (secondary N) is 2. The normalized spacial score (nSPS) is 19.3. The van der Waals surface area contributed by atoms with Gasteiger partial charge in [-0.25, -0.2) is 9.99 Å². The number of hydrazine groups is 2. The van der Waals surface area contributed by atoms with E-state index in [4.69, 9.17) is 11.6 Å². The molecule has 6 nitrogen and oxygen atoms in total. The SMILES string of the molecule is C[C@@H]1CC2=C(CN1C(=O)c1cccc(C(F)(F)F)c1Cl)NNN2c1ccccn1. The molecule has 2 N–H and O–H groups in total. The fraction of sp³-hybridized carbons (Fsp3) is 0.263. The number of nitrogens with zero attached hydrogens (tertiary/aromatic N) is 3. The fourth-order valence-electron chi connectivity index (χ4n) is 3.48. The molecule has 1 atom stereocenters. The summed E-state index contributed by atoms with van der Waals surface area (Å²) in [5, 5.41) is 1.22. The Bertz CT molecular complexity index is 980. The second kappa shape index (κ2) is 7.23. The van der Waals surface area contributed by atoms with Crippen LogP contribution in [0, 0.1) is 0 Å². The smallest absolute Gasteiger partial charge is 0.330 e. The minimum absolute atomic E-state index is 0.162. The summed E-state index contributed by atoms with van der Waals surface area (Å²) >= 11 is 5.95. The zero-order valence-corrected chi connectivity index (χ0v) is 16.1. The van der Waals surface area contributed by atoms with Crippen LogP contribution in [0.15, 0.2) is 54.0 Å². The third kappa shape index (κ3) is 3.51. The molecule has 0 saturated carbocycles. The zero-order valence-electron chi connectivity index (χ0n) is 15.3. The molecule has 0 unspecified atom stereocenters. The Balaban J connectivity index is 1.62. The van der Waals surface area contributed by atoms with Gasteiger partial charge in [-0.2, -0.15) is 13.2 Å². The summed E-state index contributed by atoms with van der Waals surface area (Å²) in [6.07, 6.45) is -2.46. The van der Waals surface area contributed by atoms with Crippen molar-refractivity contribution in [1.82, 2.24) is 20.8 Å². The molecule has 2 aromatic rings. The van der Waals surface area contributed by atoms with Crippen LogP contribution in [0.5, 0.6) is 0 Å². The van der Waals surface area contributed by atoms with E-state index in [0.717, 1.165) is 17.5 Å². The number of rotatable bonds is 2. The summed E-state index contributed by atoms with van der Waals surface area (Å²) in [4.78, 5) is 18.8. The van der Waals surface area contributed by atoms with Crippen molar-refractivity contribution in [1.29, 1.82) is 0 Å². The van der Waals surface area contributed by atoms with Gasteiger partial charge in [0.1, 0.15) is 5.82 Å². The molecule has 0 fully saturated rings. The van der Waals surface area contributed by atoms with E-state index in [1.165, 1.54) is 17.0 Å². The first-order valence-corrected chi connectivity index (χ1v) is 9.26. The number of aromatic nitrogens is 1. The van der Waals surface area contributed by atoms with Gasteiger partial charge in [-0.1, -0.05) is 23.7 Å². The number of benzene rings is 1. The number of halogens is 4. The van der Waals surface area contributed by atoms with Crippen molar-refractivity contribution >= 4 is 23.3 Å². The van der Waals surface area contributed by atoms with E-state index in [0.29, 0.717) is 12.2 Å². The Morgan fingerprint density at radius 3 is 2.72 bits per heavy atom. The van der Waals surface area contributed by atoms with Crippen LogP contribution < -0.4 is 16.0 Å². The Morgan fingerprint density at radius 1 is 1.24 bits per heavy atom. The molecule has 29 heavy (non-hydrogen) atoms. The number of carbonyl (C=O) groups is 1. The first-order valence-electron chi connectivity index (χ1n) is 8.89. The van der Waals surface area contributed by atoms with Gasteiger partial charge >= 0.3 is 6.18 Å². The highest BCUT2D eigenvalue weighted by atomic mass is 35.5. The molecule has 2 aliphatic rings.